The van der Waals surface area contributed by atoms with Gasteiger partial charge in [0.15, 0.2) is 0 Å². The molecule has 2 N–H and O–H groups in total. The Labute approximate surface area is 163 Å². The van der Waals surface area contributed by atoms with Crippen LogP contribution in [0, 0.1) is 0 Å². The van der Waals surface area contributed by atoms with Crippen molar-refractivity contribution >= 4 is 38.9 Å². The van der Waals surface area contributed by atoms with Crippen LogP contribution in [0.5, 0.6) is 5.75 Å². The third kappa shape index (κ3) is 5.23. The van der Waals surface area contributed by atoms with E-state index < -0.39 is 10.0 Å². The minimum atomic E-state index is -3.35. The largest absolute Gasteiger partial charge is 0.490 e. The Bertz CT molecular complexity index is 973. The van der Waals surface area contributed by atoms with Crippen molar-refractivity contribution in [3.05, 3.63) is 48.5 Å². The number of nitrogens with one attached hydrogen (secondary N) is 2. The molecule has 0 fully saturated rings. The molecule has 9 heteroatoms. The zero-order chi connectivity index (χ0) is 20.1. The molecule has 148 valence electrons. The SMILES string of the molecule is CS(=O)(=O)Nc1ccc(NC(=O)CCC(=O)N2CCOc3ccccc32)cc1. The summed E-state index contributed by atoms with van der Waals surface area (Å²) in [5.74, 6) is 0.228. The van der Waals surface area contributed by atoms with Crippen LogP contribution in [-0.4, -0.2) is 39.6 Å². The van der Waals surface area contributed by atoms with E-state index in [-0.39, 0.29) is 24.7 Å². The van der Waals surface area contributed by atoms with Crippen LogP contribution in [-0.2, 0) is 19.6 Å². The van der Waals surface area contributed by atoms with Gasteiger partial charge in [0.25, 0.3) is 0 Å². The van der Waals surface area contributed by atoms with Gasteiger partial charge in [-0.2, -0.15) is 0 Å². The predicted octanol–water partition coefficient (Wildman–Crippen LogP) is 2.20. The Morgan fingerprint density at radius 2 is 1.71 bits per heavy atom. The van der Waals surface area contributed by atoms with Crippen LogP contribution in [0.15, 0.2) is 48.5 Å². The lowest BCUT2D eigenvalue weighted by molar-refractivity contribution is -0.122. The van der Waals surface area contributed by atoms with E-state index in [0.717, 1.165) is 6.26 Å². The van der Waals surface area contributed by atoms with E-state index in [1.807, 2.05) is 24.3 Å². The summed E-state index contributed by atoms with van der Waals surface area (Å²) in [5.41, 5.74) is 1.64. The Morgan fingerprint density at radius 3 is 2.43 bits per heavy atom. The van der Waals surface area contributed by atoms with E-state index in [0.29, 0.717) is 36.0 Å². The molecule has 2 aromatic carbocycles. The van der Waals surface area contributed by atoms with Crippen molar-refractivity contribution in [1.29, 1.82) is 0 Å². The number of hydrogen-bond donors (Lipinski definition) is 2. The molecule has 1 aliphatic rings. The quantitative estimate of drug-likeness (QED) is 0.769. The van der Waals surface area contributed by atoms with E-state index in [2.05, 4.69) is 10.0 Å². The summed E-state index contributed by atoms with van der Waals surface area (Å²) in [5, 5.41) is 2.70. The van der Waals surface area contributed by atoms with E-state index in [9.17, 15) is 18.0 Å². The number of hydrogen-bond acceptors (Lipinski definition) is 5. The number of amides is 2. The topological polar surface area (TPSA) is 105 Å². The van der Waals surface area contributed by atoms with Gasteiger partial charge in [-0.05, 0) is 36.4 Å². The van der Waals surface area contributed by atoms with Crippen LogP contribution < -0.4 is 19.7 Å². The summed E-state index contributed by atoms with van der Waals surface area (Å²) in [4.78, 5) is 26.3. The number of nitrogens with zero attached hydrogens (tertiary/aromatic N) is 1. The van der Waals surface area contributed by atoms with Crippen LogP contribution in [0.2, 0.25) is 0 Å². The molecule has 1 heterocycles. The van der Waals surface area contributed by atoms with Gasteiger partial charge in [-0.25, -0.2) is 8.42 Å². The first-order valence-electron chi connectivity index (χ1n) is 8.72. The second-order valence-corrected chi connectivity index (χ2v) is 8.11. The summed E-state index contributed by atoms with van der Waals surface area (Å²) < 4.78 is 30.3. The standard InChI is InChI=1S/C19H21N3O5S/c1-28(25,26)21-15-8-6-14(7-9-15)20-18(23)10-11-19(24)22-12-13-27-17-5-3-2-4-16(17)22/h2-9,21H,10-13H2,1H3,(H,20,23). The Hall–Kier alpha value is -3.07. The van der Waals surface area contributed by atoms with Crippen molar-refractivity contribution in [3.8, 4) is 5.75 Å². The van der Waals surface area contributed by atoms with Crippen molar-refractivity contribution in [2.45, 2.75) is 12.8 Å². The average molecular weight is 403 g/mol. The third-order valence-corrected chi connectivity index (χ3v) is 4.67. The summed E-state index contributed by atoms with van der Waals surface area (Å²) in [6.07, 6.45) is 1.18. The normalized spacial score (nSPS) is 13.2. The number of fused-ring (bicyclic) bond motifs is 1. The van der Waals surface area contributed by atoms with Gasteiger partial charge in [-0.15, -0.1) is 0 Å². The minimum absolute atomic E-state index is 0.0434. The second kappa shape index (κ2) is 8.30. The molecule has 0 spiro atoms. The van der Waals surface area contributed by atoms with Gasteiger partial charge in [0, 0.05) is 24.2 Å². The van der Waals surface area contributed by atoms with Gasteiger partial charge >= 0.3 is 0 Å². The summed E-state index contributed by atoms with van der Waals surface area (Å²) in [6.45, 7) is 0.870. The molecule has 0 aromatic heterocycles. The number of benzene rings is 2. The molecule has 0 aliphatic carbocycles. The van der Waals surface area contributed by atoms with Gasteiger partial charge < -0.3 is 15.0 Å². The number of rotatable bonds is 6. The Morgan fingerprint density at radius 1 is 1.04 bits per heavy atom. The second-order valence-electron chi connectivity index (χ2n) is 6.36. The zero-order valence-corrected chi connectivity index (χ0v) is 16.2. The average Bonchev–Trinajstić information content (AvgIpc) is 2.66. The molecule has 8 nitrogen and oxygen atoms in total. The number of carbonyl (C=O) groups excluding carboxylic acids is 2. The molecule has 3 rings (SSSR count). The van der Waals surface area contributed by atoms with Gasteiger partial charge in [0.2, 0.25) is 21.8 Å². The van der Waals surface area contributed by atoms with Crippen LogP contribution in [0.4, 0.5) is 17.1 Å². The number of carbonyl (C=O) groups is 2. The van der Waals surface area contributed by atoms with Crippen molar-refractivity contribution in [1.82, 2.24) is 0 Å². The molecular weight excluding hydrogens is 382 g/mol. The lowest BCUT2D eigenvalue weighted by atomic mass is 10.2. The molecule has 0 saturated carbocycles. The highest BCUT2D eigenvalue weighted by atomic mass is 32.2. The molecule has 0 radical (unpaired) electrons. The van der Waals surface area contributed by atoms with Crippen molar-refractivity contribution in [2.75, 3.05) is 34.3 Å². The van der Waals surface area contributed by atoms with Crippen LogP contribution in [0.3, 0.4) is 0 Å². The molecular formula is C19H21N3O5S. The van der Waals surface area contributed by atoms with Gasteiger partial charge in [0.1, 0.15) is 12.4 Å². The van der Waals surface area contributed by atoms with Crippen molar-refractivity contribution in [3.63, 3.8) is 0 Å². The van der Waals surface area contributed by atoms with E-state index in [4.69, 9.17) is 4.74 Å². The van der Waals surface area contributed by atoms with E-state index >= 15 is 0 Å². The Kier molecular flexibility index (Phi) is 5.84. The van der Waals surface area contributed by atoms with Gasteiger partial charge in [-0.3, -0.25) is 14.3 Å². The molecule has 0 unspecified atom stereocenters. The lowest BCUT2D eigenvalue weighted by Gasteiger charge is -2.29. The first kappa shape index (κ1) is 19.7. The molecule has 0 atom stereocenters. The first-order valence-corrected chi connectivity index (χ1v) is 10.6. The van der Waals surface area contributed by atoms with Crippen LogP contribution >= 0.6 is 0 Å². The molecule has 2 amide bonds. The molecule has 1 aliphatic heterocycles. The molecule has 2 aromatic rings. The monoisotopic (exact) mass is 403 g/mol. The Balaban J connectivity index is 1.53. The smallest absolute Gasteiger partial charge is 0.229 e. The number of ether oxygens (including phenoxy) is 1. The maximum atomic E-state index is 12.5. The molecule has 0 saturated heterocycles. The zero-order valence-electron chi connectivity index (χ0n) is 15.3. The van der Waals surface area contributed by atoms with Crippen molar-refractivity contribution < 1.29 is 22.7 Å². The fraction of sp³-hybridized carbons (Fsp3) is 0.263. The maximum absolute atomic E-state index is 12.5. The molecule has 0 bridgehead atoms. The summed E-state index contributed by atoms with van der Waals surface area (Å²) in [7, 11) is -3.35. The first-order chi connectivity index (χ1) is 13.3. The fourth-order valence-electron chi connectivity index (χ4n) is 2.84. The van der Waals surface area contributed by atoms with Crippen molar-refractivity contribution in [2.24, 2.45) is 0 Å². The predicted molar refractivity (Wildman–Crippen MR) is 107 cm³/mol. The fourth-order valence-corrected chi connectivity index (χ4v) is 3.41. The summed E-state index contributed by atoms with van der Waals surface area (Å²) >= 11 is 0. The van der Waals surface area contributed by atoms with Gasteiger partial charge in [0.05, 0.1) is 18.5 Å². The van der Waals surface area contributed by atoms with E-state index in [1.54, 1.807) is 29.2 Å². The number of para-hydroxylation sites is 2. The summed E-state index contributed by atoms with van der Waals surface area (Å²) in [6, 6.07) is 13.6. The maximum Gasteiger partial charge on any atom is 0.229 e. The third-order valence-electron chi connectivity index (χ3n) is 4.07. The van der Waals surface area contributed by atoms with Gasteiger partial charge in [-0.1, -0.05) is 12.1 Å². The number of sulfonamides is 1. The lowest BCUT2D eigenvalue weighted by Crippen LogP contribution is -2.38. The number of anilines is 3. The van der Waals surface area contributed by atoms with Crippen LogP contribution in [0.25, 0.3) is 0 Å². The minimum Gasteiger partial charge on any atom is -0.490 e. The van der Waals surface area contributed by atoms with Crippen LogP contribution in [0.1, 0.15) is 12.8 Å². The highest BCUT2D eigenvalue weighted by molar-refractivity contribution is 7.92. The molecule has 28 heavy (non-hydrogen) atoms. The van der Waals surface area contributed by atoms with E-state index in [1.165, 1.54) is 0 Å². The highest BCUT2D eigenvalue weighted by Crippen LogP contribution is 2.31. The highest BCUT2D eigenvalue weighted by Gasteiger charge is 2.23.